The molecule has 2 amide bonds. The summed E-state index contributed by atoms with van der Waals surface area (Å²) in [7, 11) is 2.03. The SMILES string of the molecule is CN1CCN(C2CC(=O)N(c3cccc(C(=O)O)c3)C2=O)CC1. The maximum absolute atomic E-state index is 12.7. The molecule has 2 aliphatic heterocycles. The van der Waals surface area contributed by atoms with E-state index in [-0.39, 0.29) is 23.8 Å². The van der Waals surface area contributed by atoms with Gasteiger partial charge in [-0.15, -0.1) is 0 Å². The van der Waals surface area contributed by atoms with Crippen molar-refractivity contribution in [2.75, 3.05) is 38.1 Å². The van der Waals surface area contributed by atoms with Crippen molar-refractivity contribution in [3.05, 3.63) is 29.8 Å². The summed E-state index contributed by atoms with van der Waals surface area (Å²) in [4.78, 5) is 41.4. The highest BCUT2D eigenvalue weighted by molar-refractivity contribution is 6.22. The van der Waals surface area contributed by atoms with Crippen LogP contribution in [0.25, 0.3) is 0 Å². The number of carboxylic acids is 1. The van der Waals surface area contributed by atoms with E-state index in [4.69, 9.17) is 5.11 Å². The average Bonchev–Trinajstić information content (AvgIpc) is 2.83. The third-order valence-electron chi connectivity index (χ3n) is 4.45. The molecular weight excluding hydrogens is 298 g/mol. The van der Waals surface area contributed by atoms with E-state index >= 15 is 0 Å². The summed E-state index contributed by atoms with van der Waals surface area (Å²) in [5, 5.41) is 9.06. The van der Waals surface area contributed by atoms with E-state index in [0.717, 1.165) is 31.1 Å². The van der Waals surface area contributed by atoms with Gasteiger partial charge in [0.1, 0.15) is 0 Å². The van der Waals surface area contributed by atoms with E-state index in [9.17, 15) is 14.4 Å². The molecule has 0 aliphatic carbocycles. The number of benzene rings is 1. The van der Waals surface area contributed by atoms with E-state index in [0.29, 0.717) is 5.69 Å². The van der Waals surface area contributed by atoms with Crippen LogP contribution in [0.15, 0.2) is 24.3 Å². The van der Waals surface area contributed by atoms with E-state index in [1.54, 1.807) is 12.1 Å². The number of likely N-dealkylation sites (N-methyl/N-ethyl adjacent to an activating group) is 1. The summed E-state index contributed by atoms with van der Waals surface area (Å²) in [5.74, 6) is -1.62. The number of amides is 2. The monoisotopic (exact) mass is 317 g/mol. The van der Waals surface area contributed by atoms with Crippen LogP contribution in [0.2, 0.25) is 0 Å². The number of piperazine rings is 1. The Morgan fingerprint density at radius 1 is 1.17 bits per heavy atom. The summed E-state index contributed by atoms with van der Waals surface area (Å²) in [5.41, 5.74) is 0.391. The Hall–Kier alpha value is -2.25. The second kappa shape index (κ2) is 6.10. The molecule has 2 heterocycles. The van der Waals surface area contributed by atoms with E-state index < -0.39 is 12.0 Å². The first-order chi connectivity index (χ1) is 11.0. The Kier molecular flexibility index (Phi) is 4.14. The van der Waals surface area contributed by atoms with Crippen molar-refractivity contribution in [2.24, 2.45) is 0 Å². The number of aromatic carboxylic acids is 1. The smallest absolute Gasteiger partial charge is 0.335 e. The minimum Gasteiger partial charge on any atom is -0.478 e. The predicted octanol–water partition coefficient (Wildman–Crippen LogP) is 0.264. The highest BCUT2D eigenvalue weighted by Gasteiger charge is 2.43. The Morgan fingerprint density at radius 3 is 2.52 bits per heavy atom. The standard InChI is InChI=1S/C16H19N3O4/c1-17-5-7-18(8-6-17)13-10-14(20)19(15(13)21)12-4-2-3-11(9-12)16(22)23/h2-4,9,13H,5-8,10H2,1H3,(H,22,23). The minimum atomic E-state index is -1.08. The predicted molar refractivity (Wildman–Crippen MR) is 83.4 cm³/mol. The number of hydrogen-bond donors (Lipinski definition) is 1. The maximum atomic E-state index is 12.7. The molecule has 0 aromatic heterocycles. The maximum Gasteiger partial charge on any atom is 0.335 e. The highest BCUT2D eigenvalue weighted by Crippen LogP contribution is 2.27. The summed E-state index contributed by atoms with van der Waals surface area (Å²) < 4.78 is 0. The van der Waals surface area contributed by atoms with E-state index in [2.05, 4.69) is 4.90 Å². The molecular formula is C16H19N3O4. The van der Waals surface area contributed by atoms with Crippen LogP contribution in [0.1, 0.15) is 16.8 Å². The molecule has 3 rings (SSSR count). The van der Waals surface area contributed by atoms with Crippen LogP contribution in [0.5, 0.6) is 0 Å². The summed E-state index contributed by atoms with van der Waals surface area (Å²) in [6.07, 6.45) is 0.153. The molecule has 1 N–H and O–H groups in total. The third kappa shape index (κ3) is 2.97. The summed E-state index contributed by atoms with van der Waals surface area (Å²) in [6.45, 7) is 3.24. The van der Waals surface area contributed by atoms with E-state index in [1.807, 2.05) is 11.9 Å². The largest absolute Gasteiger partial charge is 0.478 e. The van der Waals surface area contributed by atoms with Gasteiger partial charge in [-0.3, -0.25) is 14.5 Å². The zero-order chi connectivity index (χ0) is 16.6. The number of rotatable bonds is 3. The molecule has 2 aliphatic rings. The van der Waals surface area contributed by atoms with Gasteiger partial charge in [-0.05, 0) is 25.2 Å². The molecule has 1 aromatic carbocycles. The molecule has 0 radical (unpaired) electrons. The lowest BCUT2D eigenvalue weighted by Crippen LogP contribution is -2.51. The fraction of sp³-hybridized carbons (Fsp3) is 0.438. The van der Waals surface area contributed by atoms with Crippen molar-refractivity contribution in [3.63, 3.8) is 0 Å². The molecule has 122 valence electrons. The van der Waals surface area contributed by atoms with Crippen molar-refractivity contribution >= 4 is 23.5 Å². The molecule has 7 nitrogen and oxygen atoms in total. The number of carboxylic acid groups (broad SMARTS) is 1. The number of carbonyl (C=O) groups excluding carboxylic acids is 2. The third-order valence-corrected chi connectivity index (χ3v) is 4.45. The topological polar surface area (TPSA) is 81.2 Å². The van der Waals surface area contributed by atoms with Gasteiger partial charge >= 0.3 is 5.97 Å². The van der Waals surface area contributed by atoms with Crippen LogP contribution >= 0.6 is 0 Å². The first kappa shape index (κ1) is 15.6. The molecule has 7 heteroatoms. The van der Waals surface area contributed by atoms with Crippen molar-refractivity contribution in [2.45, 2.75) is 12.5 Å². The quantitative estimate of drug-likeness (QED) is 0.806. The van der Waals surface area contributed by atoms with Gasteiger partial charge in [0.05, 0.1) is 23.7 Å². The van der Waals surface area contributed by atoms with Gasteiger partial charge in [-0.25, -0.2) is 9.69 Å². The van der Waals surface area contributed by atoms with Crippen LogP contribution in [0.3, 0.4) is 0 Å². The Balaban J connectivity index is 1.81. The number of nitrogens with zero attached hydrogens (tertiary/aromatic N) is 3. The van der Waals surface area contributed by atoms with Crippen LogP contribution in [-0.4, -0.2) is 72.0 Å². The first-order valence-corrected chi connectivity index (χ1v) is 7.60. The number of carbonyl (C=O) groups is 3. The number of imide groups is 1. The van der Waals surface area contributed by atoms with Gasteiger partial charge in [0, 0.05) is 26.2 Å². The van der Waals surface area contributed by atoms with Crippen LogP contribution in [0.4, 0.5) is 5.69 Å². The first-order valence-electron chi connectivity index (χ1n) is 7.60. The van der Waals surface area contributed by atoms with Crippen LogP contribution in [-0.2, 0) is 9.59 Å². The van der Waals surface area contributed by atoms with Crippen molar-refractivity contribution in [3.8, 4) is 0 Å². The van der Waals surface area contributed by atoms with Crippen molar-refractivity contribution in [1.82, 2.24) is 9.80 Å². The van der Waals surface area contributed by atoms with Crippen LogP contribution < -0.4 is 4.90 Å². The van der Waals surface area contributed by atoms with Gasteiger partial charge in [0.15, 0.2) is 0 Å². The second-order valence-electron chi connectivity index (χ2n) is 5.98. The molecule has 1 unspecified atom stereocenters. The van der Waals surface area contributed by atoms with Crippen molar-refractivity contribution < 1.29 is 19.5 Å². The van der Waals surface area contributed by atoms with E-state index in [1.165, 1.54) is 12.1 Å². The Labute approximate surface area is 134 Å². The summed E-state index contributed by atoms with van der Waals surface area (Å²) >= 11 is 0. The zero-order valence-corrected chi connectivity index (χ0v) is 12.9. The zero-order valence-electron chi connectivity index (χ0n) is 12.9. The molecule has 2 fully saturated rings. The molecule has 2 saturated heterocycles. The fourth-order valence-electron chi connectivity index (χ4n) is 3.08. The Morgan fingerprint density at radius 2 is 1.87 bits per heavy atom. The van der Waals surface area contributed by atoms with Crippen molar-refractivity contribution in [1.29, 1.82) is 0 Å². The number of hydrogen-bond acceptors (Lipinski definition) is 5. The molecule has 0 spiro atoms. The van der Waals surface area contributed by atoms with Gasteiger partial charge in [0.25, 0.3) is 5.91 Å². The van der Waals surface area contributed by atoms with Crippen LogP contribution in [0, 0.1) is 0 Å². The lowest BCUT2D eigenvalue weighted by molar-refractivity contribution is -0.123. The Bertz CT molecular complexity index is 652. The molecule has 0 bridgehead atoms. The summed E-state index contributed by atoms with van der Waals surface area (Å²) in [6, 6.07) is 5.50. The number of anilines is 1. The van der Waals surface area contributed by atoms with Gasteiger partial charge < -0.3 is 10.0 Å². The minimum absolute atomic E-state index is 0.0612. The van der Waals surface area contributed by atoms with Gasteiger partial charge in [-0.2, -0.15) is 0 Å². The fourth-order valence-corrected chi connectivity index (χ4v) is 3.08. The molecule has 1 atom stereocenters. The van der Waals surface area contributed by atoms with Gasteiger partial charge in [-0.1, -0.05) is 6.07 Å². The normalized spacial score (nSPS) is 23.5. The molecule has 0 saturated carbocycles. The lowest BCUT2D eigenvalue weighted by Gasteiger charge is -2.35. The van der Waals surface area contributed by atoms with Gasteiger partial charge in [0.2, 0.25) is 5.91 Å². The average molecular weight is 317 g/mol. The second-order valence-corrected chi connectivity index (χ2v) is 5.98. The molecule has 1 aromatic rings. The highest BCUT2D eigenvalue weighted by atomic mass is 16.4. The molecule has 23 heavy (non-hydrogen) atoms. The lowest BCUT2D eigenvalue weighted by atomic mass is 10.1.